The number of methoxy groups -OCH3 is 1. The molecule has 0 spiro atoms. The molecule has 1 aromatic carbocycles. The Morgan fingerprint density at radius 2 is 1.88 bits per heavy atom. The first kappa shape index (κ1) is 26.5. The van der Waals surface area contributed by atoms with Crippen LogP contribution >= 0.6 is 11.3 Å². The molecule has 0 aliphatic heterocycles. The topological polar surface area (TPSA) is 63.8 Å². The number of imidazole rings is 1. The van der Waals surface area contributed by atoms with Gasteiger partial charge in [0.05, 0.1) is 11.9 Å². The molecule has 1 fully saturated rings. The highest BCUT2D eigenvalue weighted by Gasteiger charge is 2.17. The molecule has 2 heterocycles. The molecule has 8 heteroatoms. The summed E-state index contributed by atoms with van der Waals surface area (Å²) in [6.07, 6.45) is 7.26. The van der Waals surface area contributed by atoms with Crippen molar-refractivity contribution in [1.29, 1.82) is 0 Å². The number of nitrogens with one attached hydrogen (secondary N) is 1. The van der Waals surface area contributed by atoms with Crippen molar-refractivity contribution in [1.82, 2.24) is 14.9 Å². The summed E-state index contributed by atoms with van der Waals surface area (Å²) in [5.41, 5.74) is 2.09. The summed E-state index contributed by atoms with van der Waals surface area (Å²) in [5.74, 6) is 2.30. The first-order valence-electron chi connectivity index (χ1n) is 11.2. The van der Waals surface area contributed by atoms with Crippen LogP contribution in [0.15, 0.2) is 58.8 Å². The lowest BCUT2D eigenvalue weighted by Gasteiger charge is -2.22. The predicted molar refractivity (Wildman–Crippen MR) is 143 cm³/mol. The van der Waals surface area contributed by atoms with Crippen molar-refractivity contribution in [3.63, 3.8) is 0 Å². The summed E-state index contributed by atoms with van der Waals surface area (Å²) in [6.45, 7) is 5.98. The summed E-state index contributed by atoms with van der Waals surface area (Å²) in [7, 11) is 11.5. The van der Waals surface area contributed by atoms with Gasteiger partial charge in [-0.3, -0.25) is 4.99 Å². The fourth-order valence-corrected chi connectivity index (χ4v) is 3.95. The molecule has 0 unspecified atom stereocenters. The maximum absolute atomic E-state index is 6.27. The third kappa shape index (κ3) is 7.68. The van der Waals surface area contributed by atoms with E-state index in [1.807, 2.05) is 62.8 Å². The van der Waals surface area contributed by atoms with Crippen molar-refractivity contribution in [2.75, 3.05) is 14.2 Å². The molecular formula is C25H34BN5OS. The van der Waals surface area contributed by atoms with Crippen LogP contribution in [-0.2, 0) is 11.8 Å². The van der Waals surface area contributed by atoms with Crippen LogP contribution in [0.3, 0.4) is 0 Å². The van der Waals surface area contributed by atoms with Gasteiger partial charge in [-0.25, -0.2) is 9.98 Å². The standard InChI is InChI=1S/C21H22BN5S.C2H6O.C2H6/c1-14(24-16-9-6-10-16)25-20(21-23-11-12-27(21)2)26-18-13-17(19(22)28-18)15-7-4-3-5-8-15;1-3-2;1-2/h3-5,7-8,11-13,16H,6,9-10H2,1-2H3,(H,24,25,26);1-2H3;1-2H3. The molecule has 1 aliphatic carbocycles. The zero-order chi connectivity index (χ0) is 24.2. The molecule has 1 aliphatic rings. The summed E-state index contributed by atoms with van der Waals surface area (Å²) < 4.78 is 6.95. The van der Waals surface area contributed by atoms with E-state index in [4.69, 9.17) is 17.8 Å². The minimum atomic E-state index is 0.428. The number of hydrogen-bond donors (Lipinski definition) is 1. The molecule has 1 N–H and O–H groups in total. The molecule has 1 saturated carbocycles. The predicted octanol–water partition coefficient (Wildman–Crippen LogP) is 4.87. The maximum atomic E-state index is 6.27. The Hall–Kier alpha value is -2.71. The SMILES string of the molecule is CC.COC.[B]c1sc(/N=C(\NC(C)=NC2CCC2)c2nccn2C)cc1-c1ccccc1. The van der Waals surface area contributed by atoms with Gasteiger partial charge in [-0.1, -0.05) is 44.2 Å². The molecule has 174 valence electrons. The molecule has 0 saturated heterocycles. The number of rotatable bonds is 4. The Balaban J connectivity index is 0.000000714. The van der Waals surface area contributed by atoms with Crippen molar-refractivity contribution >= 4 is 40.6 Å². The van der Waals surface area contributed by atoms with Crippen LogP contribution < -0.4 is 10.1 Å². The van der Waals surface area contributed by atoms with Gasteiger partial charge in [-0.2, -0.15) is 0 Å². The van der Waals surface area contributed by atoms with Crippen molar-refractivity contribution in [2.24, 2.45) is 17.0 Å². The van der Waals surface area contributed by atoms with E-state index in [-0.39, 0.29) is 0 Å². The van der Waals surface area contributed by atoms with Gasteiger partial charge >= 0.3 is 0 Å². The fraction of sp³-hybridized carbons (Fsp3) is 0.400. The van der Waals surface area contributed by atoms with Crippen molar-refractivity contribution < 1.29 is 4.74 Å². The van der Waals surface area contributed by atoms with Crippen LogP contribution in [0.1, 0.15) is 45.9 Å². The van der Waals surface area contributed by atoms with E-state index in [0.29, 0.717) is 11.9 Å². The third-order valence-corrected chi connectivity index (χ3v) is 5.70. The third-order valence-electron chi connectivity index (χ3n) is 4.84. The van der Waals surface area contributed by atoms with Crippen LogP contribution in [0, 0.1) is 0 Å². The van der Waals surface area contributed by atoms with E-state index < -0.39 is 0 Å². The van der Waals surface area contributed by atoms with E-state index in [1.165, 1.54) is 17.8 Å². The van der Waals surface area contributed by atoms with Gasteiger partial charge in [0.2, 0.25) is 0 Å². The van der Waals surface area contributed by atoms with Crippen LogP contribution in [-0.4, -0.2) is 49.3 Å². The van der Waals surface area contributed by atoms with E-state index >= 15 is 0 Å². The van der Waals surface area contributed by atoms with Gasteiger partial charge in [0.1, 0.15) is 12.8 Å². The van der Waals surface area contributed by atoms with Gasteiger partial charge in [-0.15, -0.1) is 11.3 Å². The quantitative estimate of drug-likeness (QED) is 0.341. The number of nitrogens with zero attached hydrogens (tertiary/aromatic N) is 4. The fourth-order valence-electron chi connectivity index (χ4n) is 3.12. The molecule has 33 heavy (non-hydrogen) atoms. The Labute approximate surface area is 203 Å². The molecule has 0 bridgehead atoms. The zero-order valence-corrected chi connectivity index (χ0v) is 21.3. The molecule has 2 radical (unpaired) electrons. The number of amidine groups is 2. The first-order valence-corrected chi connectivity index (χ1v) is 12.1. The lowest BCUT2D eigenvalue weighted by atomic mass is 9.94. The highest BCUT2D eigenvalue weighted by molar-refractivity contribution is 7.24. The minimum Gasteiger partial charge on any atom is -0.388 e. The molecule has 4 rings (SSSR count). The Morgan fingerprint density at radius 3 is 2.42 bits per heavy atom. The van der Waals surface area contributed by atoms with E-state index in [1.54, 1.807) is 20.4 Å². The van der Waals surface area contributed by atoms with Gasteiger partial charge in [0.25, 0.3) is 0 Å². The van der Waals surface area contributed by atoms with E-state index in [2.05, 4.69) is 27.2 Å². The van der Waals surface area contributed by atoms with Gasteiger partial charge in [-0.05, 0) is 48.2 Å². The number of aliphatic imine (C=N–C) groups is 2. The number of aryl methyl sites for hydroxylation is 1. The van der Waals surface area contributed by atoms with Gasteiger partial charge in [0, 0.05) is 33.7 Å². The van der Waals surface area contributed by atoms with E-state index in [0.717, 1.165) is 45.4 Å². The van der Waals surface area contributed by atoms with Gasteiger partial charge in [0.15, 0.2) is 11.7 Å². The summed E-state index contributed by atoms with van der Waals surface area (Å²) >= 11 is 1.47. The molecule has 2 aromatic heterocycles. The second-order valence-electron chi connectivity index (χ2n) is 7.38. The maximum Gasteiger partial charge on any atom is 0.176 e. The number of thiophene rings is 1. The number of ether oxygens (including phenoxy) is 1. The lowest BCUT2D eigenvalue weighted by molar-refractivity contribution is 0.277. The second-order valence-corrected chi connectivity index (χ2v) is 8.45. The average Bonchev–Trinajstić information content (AvgIpc) is 3.38. The van der Waals surface area contributed by atoms with Crippen molar-refractivity contribution in [3.8, 4) is 11.1 Å². The second kappa shape index (κ2) is 13.8. The number of benzene rings is 1. The summed E-state index contributed by atoms with van der Waals surface area (Å²) in [4.78, 5) is 14.0. The molecule has 0 atom stereocenters. The Morgan fingerprint density at radius 1 is 1.21 bits per heavy atom. The van der Waals surface area contributed by atoms with Crippen LogP contribution in [0.4, 0.5) is 5.00 Å². The zero-order valence-electron chi connectivity index (χ0n) is 20.5. The summed E-state index contributed by atoms with van der Waals surface area (Å²) in [5, 5.41) is 4.19. The monoisotopic (exact) mass is 463 g/mol. The van der Waals surface area contributed by atoms with Crippen LogP contribution in [0.25, 0.3) is 11.1 Å². The van der Waals surface area contributed by atoms with Crippen LogP contribution in [0.2, 0.25) is 0 Å². The van der Waals surface area contributed by atoms with Gasteiger partial charge < -0.3 is 14.6 Å². The molecule has 0 amide bonds. The van der Waals surface area contributed by atoms with Crippen molar-refractivity contribution in [3.05, 3.63) is 54.6 Å². The highest BCUT2D eigenvalue weighted by Crippen LogP contribution is 2.28. The smallest absolute Gasteiger partial charge is 0.176 e. The summed E-state index contributed by atoms with van der Waals surface area (Å²) in [6, 6.07) is 12.6. The highest BCUT2D eigenvalue weighted by atomic mass is 32.1. The molecule has 6 nitrogen and oxygen atoms in total. The molecular weight excluding hydrogens is 429 g/mol. The normalized spacial score (nSPS) is 13.9. The van der Waals surface area contributed by atoms with E-state index in [9.17, 15) is 0 Å². The Bertz CT molecular complexity index is 1040. The van der Waals surface area contributed by atoms with Crippen molar-refractivity contribution in [2.45, 2.75) is 46.1 Å². The number of aromatic nitrogens is 2. The Kier molecular flexibility index (Phi) is 11.1. The minimum absolute atomic E-state index is 0.428. The van der Waals surface area contributed by atoms with Crippen LogP contribution in [0.5, 0.6) is 0 Å². The average molecular weight is 463 g/mol. The molecule has 3 aromatic rings. The largest absolute Gasteiger partial charge is 0.388 e. The first-order chi connectivity index (χ1) is 16.0. The number of hydrogen-bond acceptors (Lipinski definition) is 5. The lowest BCUT2D eigenvalue weighted by Crippen LogP contribution is -2.33.